The Morgan fingerprint density at radius 3 is 2.11 bits per heavy atom. The van der Waals surface area contributed by atoms with Crippen LogP contribution in [0, 0.1) is 0 Å². The Morgan fingerprint density at radius 1 is 0.946 bits per heavy atom. The highest BCUT2D eigenvalue weighted by Gasteiger charge is 2.50. The average Bonchev–Trinajstić information content (AvgIpc) is 3.29. The van der Waals surface area contributed by atoms with Crippen LogP contribution in [0.15, 0.2) is 66.7 Å². The minimum absolute atomic E-state index is 0.157. The molecule has 4 aromatic rings. The van der Waals surface area contributed by atoms with Gasteiger partial charge in [0, 0.05) is 35.3 Å². The number of aromatic amines is 1. The van der Waals surface area contributed by atoms with E-state index in [1.807, 2.05) is 54.6 Å². The largest absolute Gasteiger partial charge is 0.511 e. The predicted octanol–water partition coefficient (Wildman–Crippen LogP) is 6.13. The third-order valence-electron chi connectivity index (χ3n) is 6.85. The molecule has 1 aliphatic heterocycles. The monoisotopic (exact) mass is 549 g/mol. The molecule has 1 unspecified atom stereocenters. The summed E-state index contributed by atoms with van der Waals surface area (Å²) in [5.41, 5.74) is -0.912. The SMILES string of the molecule is O=S(=O)(N1CCC(c2n[nH]c3ccc(C(c4ccc(O)cc4)c4ccc(Cl)cc4)cc23)CC1)C(F)(F)F. The number of nitrogens with zero attached hydrogens (tertiary/aromatic N) is 2. The Labute approximate surface area is 216 Å². The van der Waals surface area contributed by atoms with E-state index in [4.69, 9.17) is 11.6 Å². The second-order valence-corrected chi connectivity index (χ2v) is 11.5. The zero-order valence-electron chi connectivity index (χ0n) is 19.4. The maximum atomic E-state index is 13.0. The molecule has 11 heteroatoms. The van der Waals surface area contributed by atoms with Crippen LogP contribution < -0.4 is 0 Å². The van der Waals surface area contributed by atoms with Crippen molar-refractivity contribution in [2.45, 2.75) is 30.2 Å². The Bertz CT molecular complexity index is 1470. The standard InChI is InChI=1S/C26H23ClF3N3O3S/c27-20-6-1-16(2-7-20)24(17-3-8-21(34)9-4-17)19-5-10-23-22(15-19)25(32-31-23)18-11-13-33(14-12-18)37(35,36)26(28,29)30/h1-10,15,18,24,34H,11-14H2,(H,31,32). The second-order valence-electron chi connectivity index (χ2n) is 9.11. The molecule has 0 bridgehead atoms. The van der Waals surface area contributed by atoms with Crippen molar-refractivity contribution in [1.29, 1.82) is 0 Å². The summed E-state index contributed by atoms with van der Waals surface area (Å²) in [6.07, 6.45) is 0.468. The minimum Gasteiger partial charge on any atom is -0.508 e. The summed E-state index contributed by atoms with van der Waals surface area (Å²) in [4.78, 5) is 0. The van der Waals surface area contributed by atoms with Gasteiger partial charge in [0.1, 0.15) is 5.75 Å². The molecule has 5 rings (SSSR count). The number of halogens is 4. The number of sulfonamides is 1. The molecular formula is C26H23ClF3N3O3S. The topological polar surface area (TPSA) is 86.3 Å². The van der Waals surface area contributed by atoms with Crippen molar-refractivity contribution in [3.05, 3.63) is 94.1 Å². The first kappa shape index (κ1) is 25.6. The highest BCUT2D eigenvalue weighted by atomic mass is 35.5. The van der Waals surface area contributed by atoms with E-state index in [0.717, 1.165) is 27.6 Å². The van der Waals surface area contributed by atoms with Gasteiger partial charge in [0.05, 0.1) is 11.2 Å². The molecule has 0 saturated carbocycles. The summed E-state index contributed by atoms with van der Waals surface area (Å²) in [5, 5.41) is 18.7. The van der Waals surface area contributed by atoms with Gasteiger partial charge in [-0.2, -0.15) is 22.6 Å². The molecule has 0 aliphatic carbocycles. The second kappa shape index (κ2) is 9.66. The fraction of sp³-hybridized carbons (Fsp3) is 0.269. The summed E-state index contributed by atoms with van der Waals surface area (Å²) in [7, 11) is -5.34. The number of aromatic hydroxyl groups is 1. The van der Waals surface area contributed by atoms with Crippen molar-refractivity contribution in [2.75, 3.05) is 13.1 Å². The van der Waals surface area contributed by atoms with Gasteiger partial charge in [-0.25, -0.2) is 8.42 Å². The van der Waals surface area contributed by atoms with Crippen LogP contribution in [0.25, 0.3) is 10.9 Å². The van der Waals surface area contributed by atoms with Crippen molar-refractivity contribution in [2.24, 2.45) is 0 Å². The number of alkyl halides is 3. The summed E-state index contributed by atoms with van der Waals surface area (Å²) in [6.45, 7) is -0.442. The Hall–Kier alpha value is -3.08. The first-order valence-corrected chi connectivity index (χ1v) is 13.4. The molecule has 0 radical (unpaired) electrons. The molecule has 194 valence electrons. The Kier molecular flexibility index (Phi) is 6.68. The third kappa shape index (κ3) is 4.93. The molecule has 0 spiro atoms. The van der Waals surface area contributed by atoms with Gasteiger partial charge in [-0.1, -0.05) is 41.9 Å². The lowest BCUT2D eigenvalue weighted by molar-refractivity contribution is -0.0494. The predicted molar refractivity (Wildman–Crippen MR) is 135 cm³/mol. The van der Waals surface area contributed by atoms with E-state index in [1.54, 1.807) is 12.1 Å². The van der Waals surface area contributed by atoms with Gasteiger partial charge in [-0.15, -0.1) is 0 Å². The number of fused-ring (bicyclic) bond motifs is 1. The number of hydrogen-bond acceptors (Lipinski definition) is 4. The Balaban J connectivity index is 1.49. The quantitative estimate of drug-likeness (QED) is 0.293. The van der Waals surface area contributed by atoms with Gasteiger partial charge >= 0.3 is 15.5 Å². The van der Waals surface area contributed by atoms with E-state index in [0.29, 0.717) is 15.0 Å². The molecule has 0 amide bonds. The normalized spacial score (nSPS) is 16.8. The zero-order chi connectivity index (χ0) is 26.4. The number of hydrogen-bond donors (Lipinski definition) is 2. The average molecular weight is 550 g/mol. The summed E-state index contributed by atoms with van der Waals surface area (Å²) in [6, 6.07) is 20.4. The van der Waals surface area contributed by atoms with Crippen LogP contribution in [-0.4, -0.2) is 46.6 Å². The van der Waals surface area contributed by atoms with Crippen molar-refractivity contribution < 1.29 is 26.7 Å². The van der Waals surface area contributed by atoms with Crippen LogP contribution >= 0.6 is 11.6 Å². The van der Waals surface area contributed by atoms with E-state index in [9.17, 15) is 26.7 Å². The maximum absolute atomic E-state index is 13.0. The number of rotatable bonds is 5. The fourth-order valence-electron chi connectivity index (χ4n) is 4.96. The van der Waals surface area contributed by atoms with Crippen LogP contribution in [0.2, 0.25) is 5.02 Å². The highest BCUT2D eigenvalue weighted by molar-refractivity contribution is 7.90. The van der Waals surface area contributed by atoms with E-state index >= 15 is 0 Å². The molecule has 1 aliphatic rings. The van der Waals surface area contributed by atoms with Crippen molar-refractivity contribution in [1.82, 2.24) is 14.5 Å². The Morgan fingerprint density at radius 2 is 1.51 bits per heavy atom. The van der Waals surface area contributed by atoms with Gasteiger partial charge in [-0.05, 0) is 65.9 Å². The molecule has 1 saturated heterocycles. The lowest BCUT2D eigenvalue weighted by Crippen LogP contribution is -2.44. The number of piperidine rings is 1. The molecule has 1 atom stereocenters. The van der Waals surface area contributed by atoms with E-state index in [2.05, 4.69) is 10.2 Å². The maximum Gasteiger partial charge on any atom is 0.511 e. The lowest BCUT2D eigenvalue weighted by Gasteiger charge is -2.31. The smallest absolute Gasteiger partial charge is 0.508 e. The van der Waals surface area contributed by atoms with Gasteiger partial charge in [0.15, 0.2) is 0 Å². The van der Waals surface area contributed by atoms with Crippen molar-refractivity contribution in [3.63, 3.8) is 0 Å². The molecule has 1 aromatic heterocycles. The molecule has 3 aromatic carbocycles. The number of benzene rings is 3. The van der Waals surface area contributed by atoms with Gasteiger partial charge in [0.2, 0.25) is 0 Å². The molecule has 1 fully saturated rings. The summed E-state index contributed by atoms with van der Waals surface area (Å²) >= 11 is 6.11. The first-order valence-electron chi connectivity index (χ1n) is 11.6. The molecule has 6 nitrogen and oxygen atoms in total. The van der Waals surface area contributed by atoms with Crippen LogP contribution in [0.1, 0.15) is 47.1 Å². The molecule has 2 heterocycles. The summed E-state index contributed by atoms with van der Waals surface area (Å²) in [5.74, 6) is -0.208. The van der Waals surface area contributed by atoms with Crippen molar-refractivity contribution >= 4 is 32.5 Å². The number of phenolic OH excluding ortho intramolecular Hbond substituents is 1. The summed E-state index contributed by atoms with van der Waals surface area (Å²) < 4.78 is 63.0. The number of aromatic nitrogens is 2. The van der Waals surface area contributed by atoms with Gasteiger partial charge < -0.3 is 5.11 Å². The third-order valence-corrected chi connectivity index (χ3v) is 8.73. The number of phenols is 1. The van der Waals surface area contributed by atoms with E-state index < -0.39 is 15.5 Å². The van der Waals surface area contributed by atoms with Crippen LogP contribution in [0.4, 0.5) is 13.2 Å². The van der Waals surface area contributed by atoms with Crippen LogP contribution in [0.5, 0.6) is 5.75 Å². The zero-order valence-corrected chi connectivity index (χ0v) is 21.0. The number of nitrogens with one attached hydrogen (secondary N) is 1. The van der Waals surface area contributed by atoms with Gasteiger partial charge in [-0.3, -0.25) is 5.10 Å². The van der Waals surface area contributed by atoms with Crippen molar-refractivity contribution in [3.8, 4) is 5.75 Å². The van der Waals surface area contributed by atoms with Crippen LogP contribution in [-0.2, 0) is 10.0 Å². The molecule has 37 heavy (non-hydrogen) atoms. The van der Waals surface area contributed by atoms with E-state index in [1.165, 1.54) is 0 Å². The lowest BCUT2D eigenvalue weighted by atomic mass is 9.84. The van der Waals surface area contributed by atoms with E-state index in [-0.39, 0.29) is 43.5 Å². The van der Waals surface area contributed by atoms with Gasteiger partial charge in [0.25, 0.3) is 0 Å². The fourth-order valence-corrected chi connectivity index (χ4v) is 6.07. The minimum atomic E-state index is -5.34. The highest BCUT2D eigenvalue weighted by Crippen LogP contribution is 2.38. The molecule has 2 N–H and O–H groups in total. The molecular weight excluding hydrogens is 527 g/mol. The van der Waals surface area contributed by atoms with Crippen LogP contribution in [0.3, 0.4) is 0 Å². The first-order chi connectivity index (χ1) is 17.5. The number of H-pyrrole nitrogens is 1.